The summed E-state index contributed by atoms with van der Waals surface area (Å²) in [6, 6.07) is 16.1. The number of hydrogen-bond donors (Lipinski definition) is 0. The Kier molecular flexibility index (Phi) is 3.91. The summed E-state index contributed by atoms with van der Waals surface area (Å²) in [5.74, 6) is 0.542. The number of halogens is 1. The summed E-state index contributed by atoms with van der Waals surface area (Å²) in [6.07, 6.45) is 0. The first kappa shape index (κ1) is 17.0. The van der Waals surface area contributed by atoms with Crippen LogP contribution in [0.1, 0.15) is 16.7 Å². The summed E-state index contributed by atoms with van der Waals surface area (Å²) in [5.41, 5.74) is 3.17. The number of ether oxygens (including phenoxy) is 1. The summed E-state index contributed by atoms with van der Waals surface area (Å²) >= 11 is 0. The van der Waals surface area contributed by atoms with Gasteiger partial charge in [0.15, 0.2) is 0 Å². The number of nitrogens with zero attached hydrogens (tertiary/aromatic N) is 1. The average molecular weight is 375 g/mol. The van der Waals surface area contributed by atoms with Crippen LogP contribution in [0.25, 0.3) is 21.7 Å². The van der Waals surface area contributed by atoms with Gasteiger partial charge in [0.05, 0.1) is 5.39 Å². The Morgan fingerprint density at radius 2 is 1.79 bits per heavy atom. The monoisotopic (exact) mass is 375 g/mol. The lowest BCUT2D eigenvalue weighted by atomic mass is 10.00. The molecule has 4 aromatic rings. The second-order valence-corrected chi connectivity index (χ2v) is 7.19. The van der Waals surface area contributed by atoms with Crippen LogP contribution in [0.15, 0.2) is 63.8 Å². The van der Waals surface area contributed by atoms with E-state index in [9.17, 15) is 9.18 Å². The molecule has 4 nitrogen and oxygen atoms in total. The number of fused-ring (bicyclic) bond motifs is 4. The van der Waals surface area contributed by atoms with E-state index in [1.54, 1.807) is 18.2 Å². The smallest absolute Gasteiger partial charge is 0.344 e. The second kappa shape index (κ2) is 6.46. The molecule has 140 valence electrons. The quantitative estimate of drug-likeness (QED) is 0.375. The van der Waals surface area contributed by atoms with Crippen LogP contribution in [0, 0.1) is 12.7 Å². The van der Waals surface area contributed by atoms with Crippen molar-refractivity contribution in [2.45, 2.75) is 20.0 Å². The van der Waals surface area contributed by atoms with Crippen molar-refractivity contribution >= 4 is 21.7 Å². The lowest BCUT2D eigenvalue weighted by molar-refractivity contribution is 0.0881. The van der Waals surface area contributed by atoms with Crippen molar-refractivity contribution < 1.29 is 13.5 Å². The summed E-state index contributed by atoms with van der Waals surface area (Å²) in [4.78, 5) is 14.5. The Hall–Kier alpha value is -3.18. The van der Waals surface area contributed by atoms with Gasteiger partial charge >= 0.3 is 5.63 Å². The van der Waals surface area contributed by atoms with Gasteiger partial charge in [-0.1, -0.05) is 30.3 Å². The predicted molar refractivity (Wildman–Crippen MR) is 106 cm³/mol. The van der Waals surface area contributed by atoms with Crippen molar-refractivity contribution in [2.75, 3.05) is 6.73 Å². The van der Waals surface area contributed by atoms with E-state index < -0.39 is 0 Å². The largest absolute Gasteiger partial charge is 0.477 e. The van der Waals surface area contributed by atoms with Crippen LogP contribution in [0.5, 0.6) is 5.75 Å². The van der Waals surface area contributed by atoms with Gasteiger partial charge in [0.2, 0.25) is 0 Å². The van der Waals surface area contributed by atoms with Crippen LogP contribution in [-0.4, -0.2) is 11.6 Å². The van der Waals surface area contributed by atoms with Gasteiger partial charge in [-0.05, 0) is 42.1 Å². The molecule has 0 saturated heterocycles. The number of rotatable bonds is 2. The Balaban J connectivity index is 1.58. The first-order chi connectivity index (χ1) is 13.6. The fourth-order valence-electron chi connectivity index (χ4n) is 3.94. The van der Waals surface area contributed by atoms with Gasteiger partial charge in [0.25, 0.3) is 0 Å². The summed E-state index contributed by atoms with van der Waals surface area (Å²) in [7, 11) is 0. The molecule has 2 heterocycles. The zero-order valence-corrected chi connectivity index (χ0v) is 15.4. The summed E-state index contributed by atoms with van der Waals surface area (Å²) in [6.45, 7) is 3.72. The Bertz CT molecular complexity index is 1260. The molecule has 5 heteroatoms. The minimum Gasteiger partial charge on any atom is -0.477 e. The molecule has 0 spiro atoms. The maximum atomic E-state index is 13.1. The molecule has 1 aliphatic heterocycles. The topological polar surface area (TPSA) is 42.7 Å². The second-order valence-electron chi connectivity index (χ2n) is 7.19. The average Bonchev–Trinajstić information content (AvgIpc) is 2.71. The molecule has 0 amide bonds. The van der Waals surface area contributed by atoms with Crippen molar-refractivity contribution in [3.8, 4) is 5.75 Å². The van der Waals surface area contributed by atoms with Crippen molar-refractivity contribution in [1.29, 1.82) is 0 Å². The molecule has 0 bridgehead atoms. The van der Waals surface area contributed by atoms with Crippen molar-refractivity contribution in [2.24, 2.45) is 0 Å². The Labute approximate surface area is 160 Å². The molecule has 1 aromatic heterocycles. The fraction of sp³-hybridized carbons (Fsp3) is 0.174. The highest BCUT2D eigenvalue weighted by molar-refractivity contribution is 6.06. The van der Waals surface area contributed by atoms with Gasteiger partial charge in [-0.3, -0.25) is 4.90 Å². The van der Waals surface area contributed by atoms with Crippen LogP contribution in [0.3, 0.4) is 0 Å². The standard InChI is InChI=1S/C23H18FNO3/c1-14-21-16(12-25(13-27-21)11-15-6-8-17(24)9-7-15)10-20-18-4-2-3-5-19(18)23(26)28-22(14)20/h2-10H,11-13H2,1H3. The van der Waals surface area contributed by atoms with Crippen LogP contribution >= 0.6 is 0 Å². The lowest BCUT2D eigenvalue weighted by Crippen LogP contribution is -2.31. The van der Waals surface area contributed by atoms with Gasteiger partial charge < -0.3 is 9.15 Å². The van der Waals surface area contributed by atoms with E-state index in [0.717, 1.165) is 33.2 Å². The van der Waals surface area contributed by atoms with Crippen LogP contribution in [0.4, 0.5) is 4.39 Å². The van der Waals surface area contributed by atoms with Gasteiger partial charge in [-0.25, -0.2) is 9.18 Å². The third-order valence-electron chi connectivity index (χ3n) is 5.27. The van der Waals surface area contributed by atoms with E-state index in [1.165, 1.54) is 12.1 Å². The maximum Gasteiger partial charge on any atom is 0.344 e. The molecule has 0 radical (unpaired) electrons. The third kappa shape index (κ3) is 2.75. The molecule has 5 rings (SSSR count). The normalized spacial score (nSPS) is 14.2. The molecule has 0 atom stereocenters. The zero-order valence-electron chi connectivity index (χ0n) is 15.4. The number of benzene rings is 3. The van der Waals surface area contributed by atoms with E-state index in [0.29, 0.717) is 30.8 Å². The molecular weight excluding hydrogens is 357 g/mol. The van der Waals surface area contributed by atoms with Crippen LogP contribution < -0.4 is 10.4 Å². The molecule has 0 unspecified atom stereocenters. The number of hydrogen-bond acceptors (Lipinski definition) is 4. The SMILES string of the molecule is Cc1c2c(cc3c1oc(=O)c1ccccc13)CN(Cc1ccc(F)cc1)CO2. The van der Waals surface area contributed by atoms with Crippen molar-refractivity contribution in [1.82, 2.24) is 4.90 Å². The molecule has 0 aliphatic carbocycles. The molecular formula is C23H18FNO3. The predicted octanol–water partition coefficient (Wildman–Crippen LogP) is 4.75. The van der Waals surface area contributed by atoms with Crippen LogP contribution in [0.2, 0.25) is 0 Å². The van der Waals surface area contributed by atoms with Gasteiger partial charge in [0, 0.05) is 29.6 Å². The highest BCUT2D eigenvalue weighted by Gasteiger charge is 2.23. The third-order valence-corrected chi connectivity index (χ3v) is 5.27. The molecule has 0 N–H and O–H groups in total. The lowest BCUT2D eigenvalue weighted by Gasteiger charge is -2.30. The van der Waals surface area contributed by atoms with Crippen LogP contribution in [-0.2, 0) is 13.1 Å². The first-order valence-electron chi connectivity index (χ1n) is 9.18. The fourth-order valence-corrected chi connectivity index (χ4v) is 3.94. The van der Waals surface area contributed by atoms with Gasteiger partial charge in [-0.15, -0.1) is 0 Å². The molecule has 3 aromatic carbocycles. The Morgan fingerprint density at radius 3 is 2.57 bits per heavy atom. The summed E-state index contributed by atoms with van der Waals surface area (Å²) in [5, 5.41) is 2.38. The molecule has 1 aliphatic rings. The zero-order chi connectivity index (χ0) is 19.3. The maximum absolute atomic E-state index is 13.1. The van der Waals surface area contributed by atoms with Gasteiger partial charge in [0.1, 0.15) is 23.9 Å². The molecule has 28 heavy (non-hydrogen) atoms. The van der Waals surface area contributed by atoms with E-state index in [4.69, 9.17) is 9.15 Å². The summed E-state index contributed by atoms with van der Waals surface area (Å²) < 4.78 is 24.8. The van der Waals surface area contributed by atoms with E-state index in [-0.39, 0.29) is 11.4 Å². The van der Waals surface area contributed by atoms with E-state index >= 15 is 0 Å². The van der Waals surface area contributed by atoms with Crippen molar-refractivity contribution in [3.05, 3.63) is 87.5 Å². The minimum atomic E-state index is -0.333. The van der Waals surface area contributed by atoms with Gasteiger partial charge in [-0.2, -0.15) is 0 Å². The highest BCUT2D eigenvalue weighted by Crippen LogP contribution is 2.37. The minimum absolute atomic E-state index is 0.237. The number of aryl methyl sites for hydroxylation is 1. The van der Waals surface area contributed by atoms with E-state index in [1.807, 2.05) is 25.1 Å². The van der Waals surface area contributed by atoms with Crippen molar-refractivity contribution in [3.63, 3.8) is 0 Å². The van der Waals surface area contributed by atoms with E-state index in [2.05, 4.69) is 11.0 Å². The molecule has 0 saturated carbocycles. The molecule has 0 fully saturated rings. The first-order valence-corrected chi connectivity index (χ1v) is 9.18. The highest BCUT2D eigenvalue weighted by atomic mass is 19.1. The Morgan fingerprint density at radius 1 is 1.04 bits per heavy atom.